The second kappa shape index (κ2) is 6.27. The molecule has 0 amide bonds. The molecular formula is C16H13N3O4. The highest BCUT2D eigenvalue weighted by Crippen LogP contribution is 2.23. The van der Waals surface area contributed by atoms with Crippen LogP contribution in [0.25, 0.3) is 10.9 Å². The number of pyridine rings is 1. The van der Waals surface area contributed by atoms with E-state index in [4.69, 9.17) is 4.74 Å². The molecule has 0 bridgehead atoms. The Morgan fingerprint density at radius 1 is 1.22 bits per heavy atom. The summed E-state index contributed by atoms with van der Waals surface area (Å²) < 4.78 is 6.84. The van der Waals surface area contributed by atoms with Gasteiger partial charge in [0, 0.05) is 23.8 Å². The maximum atomic E-state index is 12.3. The Morgan fingerprint density at radius 3 is 2.87 bits per heavy atom. The van der Waals surface area contributed by atoms with Crippen molar-refractivity contribution in [1.29, 1.82) is 0 Å². The Morgan fingerprint density at radius 2 is 2.04 bits per heavy atom. The summed E-state index contributed by atoms with van der Waals surface area (Å²) in [4.78, 5) is 26.4. The highest BCUT2D eigenvalue weighted by molar-refractivity contribution is 5.92. The Balaban J connectivity index is 1.67. The van der Waals surface area contributed by atoms with E-state index >= 15 is 0 Å². The van der Waals surface area contributed by atoms with Crippen LogP contribution in [0.5, 0.6) is 5.88 Å². The molecule has 3 rings (SSSR count). The van der Waals surface area contributed by atoms with E-state index < -0.39 is 4.92 Å². The van der Waals surface area contributed by atoms with Gasteiger partial charge in [-0.2, -0.15) is 0 Å². The molecule has 3 aromatic rings. The number of carbonyl (C=O) groups excluding carboxylic acids is 1. The molecule has 0 aliphatic heterocycles. The maximum Gasteiger partial charge on any atom is 0.330 e. The number of rotatable bonds is 5. The van der Waals surface area contributed by atoms with Gasteiger partial charge in [0.25, 0.3) is 5.88 Å². The van der Waals surface area contributed by atoms with E-state index in [0.29, 0.717) is 0 Å². The summed E-state index contributed by atoms with van der Waals surface area (Å²) >= 11 is 0. The summed E-state index contributed by atoms with van der Waals surface area (Å²) in [7, 11) is 0. The van der Waals surface area contributed by atoms with Crippen molar-refractivity contribution in [3.05, 3.63) is 65.0 Å². The van der Waals surface area contributed by atoms with Crippen molar-refractivity contribution in [1.82, 2.24) is 9.55 Å². The van der Waals surface area contributed by atoms with Crippen LogP contribution in [0.15, 0.2) is 54.9 Å². The molecule has 1 aromatic carbocycles. The maximum absolute atomic E-state index is 12.3. The SMILES string of the molecule is O=C(CCOc1ncccc1[N+](=O)[O-])n1ccc2ccccc21. The van der Waals surface area contributed by atoms with E-state index in [2.05, 4.69) is 4.98 Å². The third-order valence-corrected chi connectivity index (χ3v) is 3.37. The molecule has 7 nitrogen and oxygen atoms in total. The highest BCUT2D eigenvalue weighted by Gasteiger charge is 2.16. The summed E-state index contributed by atoms with van der Waals surface area (Å²) in [5.74, 6) is -0.229. The molecule has 0 N–H and O–H groups in total. The largest absolute Gasteiger partial charge is 0.472 e. The third-order valence-electron chi connectivity index (χ3n) is 3.37. The molecule has 23 heavy (non-hydrogen) atoms. The van der Waals surface area contributed by atoms with Crippen LogP contribution in [0.3, 0.4) is 0 Å². The van der Waals surface area contributed by atoms with Crippen molar-refractivity contribution in [2.24, 2.45) is 0 Å². The van der Waals surface area contributed by atoms with Crippen LogP contribution in [0, 0.1) is 10.1 Å². The second-order valence-corrected chi connectivity index (χ2v) is 4.82. The van der Waals surface area contributed by atoms with Crippen molar-refractivity contribution in [3.63, 3.8) is 0 Å². The van der Waals surface area contributed by atoms with Crippen LogP contribution in [0.2, 0.25) is 0 Å². The molecule has 0 fully saturated rings. The Hall–Kier alpha value is -3.22. The molecule has 0 saturated heterocycles. The standard InChI is InChI=1S/C16H13N3O4/c20-15(18-10-7-12-4-1-2-5-13(12)18)8-11-23-16-14(19(21)22)6-3-9-17-16/h1-7,9-10H,8,11H2. The van der Waals surface area contributed by atoms with Gasteiger partial charge in [0.15, 0.2) is 0 Å². The van der Waals surface area contributed by atoms with Gasteiger partial charge in [0.05, 0.1) is 23.5 Å². The van der Waals surface area contributed by atoms with Gasteiger partial charge in [-0.3, -0.25) is 19.5 Å². The van der Waals surface area contributed by atoms with Gasteiger partial charge in [-0.15, -0.1) is 0 Å². The number of carbonyl (C=O) groups is 1. The number of nitrogens with zero attached hydrogens (tertiary/aromatic N) is 3. The molecule has 0 atom stereocenters. The van der Waals surface area contributed by atoms with Crippen molar-refractivity contribution in [2.75, 3.05) is 6.61 Å². The molecule has 0 saturated carbocycles. The number of hydrogen-bond donors (Lipinski definition) is 0. The molecule has 0 radical (unpaired) electrons. The van der Waals surface area contributed by atoms with E-state index in [9.17, 15) is 14.9 Å². The van der Waals surface area contributed by atoms with Gasteiger partial charge >= 0.3 is 5.69 Å². The van der Waals surface area contributed by atoms with Crippen molar-refractivity contribution >= 4 is 22.5 Å². The summed E-state index contributed by atoms with van der Waals surface area (Å²) in [5.41, 5.74) is 0.604. The molecular weight excluding hydrogens is 298 g/mol. The average molecular weight is 311 g/mol. The van der Waals surface area contributed by atoms with Crippen molar-refractivity contribution in [3.8, 4) is 5.88 Å². The highest BCUT2D eigenvalue weighted by atomic mass is 16.6. The first-order chi connectivity index (χ1) is 11.2. The van der Waals surface area contributed by atoms with Crippen LogP contribution in [-0.4, -0.2) is 27.0 Å². The molecule has 0 aliphatic carbocycles. The lowest BCUT2D eigenvalue weighted by Crippen LogP contribution is -2.14. The lowest BCUT2D eigenvalue weighted by Gasteiger charge is -2.06. The third kappa shape index (κ3) is 3.03. The number of para-hydroxylation sites is 1. The Kier molecular flexibility index (Phi) is 4.01. The minimum atomic E-state index is -0.566. The van der Waals surface area contributed by atoms with Crippen LogP contribution in [0.1, 0.15) is 11.2 Å². The molecule has 2 aromatic heterocycles. The number of hydrogen-bond acceptors (Lipinski definition) is 5. The van der Waals surface area contributed by atoms with Crippen molar-refractivity contribution < 1.29 is 14.5 Å². The molecule has 116 valence electrons. The smallest absolute Gasteiger partial charge is 0.330 e. The number of nitro groups is 1. The summed E-state index contributed by atoms with van der Waals surface area (Å²) in [6, 6.07) is 12.2. The first kappa shape index (κ1) is 14.7. The molecule has 0 spiro atoms. The normalized spacial score (nSPS) is 10.6. The lowest BCUT2D eigenvalue weighted by molar-refractivity contribution is -0.386. The Labute approximate surface area is 131 Å². The summed E-state index contributed by atoms with van der Waals surface area (Å²) in [6.45, 7) is 0.0171. The molecule has 0 aliphatic rings. The zero-order valence-corrected chi connectivity index (χ0v) is 12.1. The van der Waals surface area contributed by atoms with Gasteiger partial charge in [-0.05, 0) is 18.2 Å². The Bertz CT molecular complexity index is 872. The molecule has 7 heteroatoms. The number of benzene rings is 1. The van der Waals surface area contributed by atoms with E-state index in [0.717, 1.165) is 10.9 Å². The number of fused-ring (bicyclic) bond motifs is 1. The predicted molar refractivity (Wildman–Crippen MR) is 83.6 cm³/mol. The fraction of sp³-hybridized carbons (Fsp3) is 0.125. The second-order valence-electron chi connectivity index (χ2n) is 4.82. The quantitative estimate of drug-likeness (QED) is 0.534. The lowest BCUT2D eigenvalue weighted by atomic mass is 10.2. The monoisotopic (exact) mass is 311 g/mol. The fourth-order valence-electron chi connectivity index (χ4n) is 2.29. The zero-order chi connectivity index (χ0) is 16.2. The van der Waals surface area contributed by atoms with Crippen LogP contribution in [0.4, 0.5) is 5.69 Å². The number of ether oxygens (including phenoxy) is 1. The van der Waals surface area contributed by atoms with Gasteiger partial charge in [-0.1, -0.05) is 18.2 Å². The van der Waals surface area contributed by atoms with E-state index in [1.54, 1.807) is 10.8 Å². The molecule has 2 heterocycles. The predicted octanol–water partition coefficient (Wildman–Crippen LogP) is 3.05. The first-order valence-electron chi connectivity index (χ1n) is 6.98. The zero-order valence-electron chi connectivity index (χ0n) is 12.1. The van der Waals surface area contributed by atoms with E-state index in [1.165, 1.54) is 18.3 Å². The fourth-order valence-corrected chi connectivity index (χ4v) is 2.29. The van der Waals surface area contributed by atoms with Gasteiger partial charge in [0.2, 0.25) is 5.91 Å². The minimum absolute atomic E-state index is 0.0171. The van der Waals surface area contributed by atoms with Gasteiger partial charge < -0.3 is 4.74 Å². The van der Waals surface area contributed by atoms with E-state index in [-0.39, 0.29) is 30.5 Å². The minimum Gasteiger partial charge on any atom is -0.472 e. The van der Waals surface area contributed by atoms with Crippen LogP contribution >= 0.6 is 0 Å². The van der Waals surface area contributed by atoms with Gasteiger partial charge in [0.1, 0.15) is 0 Å². The van der Waals surface area contributed by atoms with Crippen LogP contribution < -0.4 is 4.74 Å². The van der Waals surface area contributed by atoms with E-state index in [1.807, 2.05) is 30.3 Å². The van der Waals surface area contributed by atoms with Gasteiger partial charge in [-0.25, -0.2) is 4.98 Å². The topological polar surface area (TPSA) is 87.3 Å². The first-order valence-corrected chi connectivity index (χ1v) is 6.98. The summed E-state index contributed by atoms with van der Waals surface area (Å²) in [6.07, 6.45) is 3.20. The summed E-state index contributed by atoms with van der Waals surface area (Å²) in [5, 5.41) is 11.8. The molecule has 0 unspecified atom stereocenters. The average Bonchev–Trinajstić information content (AvgIpc) is 2.99. The van der Waals surface area contributed by atoms with Crippen molar-refractivity contribution in [2.45, 2.75) is 6.42 Å². The number of aromatic nitrogens is 2. The van der Waals surface area contributed by atoms with Crippen LogP contribution in [-0.2, 0) is 0 Å².